The molecule has 2 aromatic carbocycles. The fourth-order valence-electron chi connectivity index (χ4n) is 2.35. The summed E-state index contributed by atoms with van der Waals surface area (Å²) in [5, 5.41) is 26.1. The highest BCUT2D eigenvalue weighted by molar-refractivity contribution is 5.96. The van der Waals surface area contributed by atoms with Crippen molar-refractivity contribution in [3.8, 4) is 0 Å². The molecule has 0 fully saturated rings. The van der Waals surface area contributed by atoms with Crippen molar-refractivity contribution in [2.45, 2.75) is 18.9 Å². The maximum absolute atomic E-state index is 12.0. The number of aliphatic carboxylic acids is 1. The number of carbonyl (C=O) groups excluding carboxylic acids is 2. The molecule has 0 radical (unpaired) electrons. The van der Waals surface area contributed by atoms with E-state index in [-0.39, 0.29) is 18.9 Å². The van der Waals surface area contributed by atoms with Gasteiger partial charge in [0.1, 0.15) is 6.04 Å². The molecule has 6 heteroatoms. The zero-order valence-electron chi connectivity index (χ0n) is 12.7. The average Bonchev–Trinajstić information content (AvgIpc) is 2.54. The lowest BCUT2D eigenvalue weighted by atomic mass is 10.1. The van der Waals surface area contributed by atoms with Crippen molar-refractivity contribution in [2.75, 3.05) is 18.5 Å². The van der Waals surface area contributed by atoms with E-state index in [1.54, 1.807) is 6.07 Å². The van der Waals surface area contributed by atoms with Gasteiger partial charge in [0.15, 0.2) is 0 Å². The number of rotatable bonds is 8. The Balaban J connectivity index is 1.97. The second-order valence-corrected chi connectivity index (χ2v) is 5.34. The molecule has 0 spiro atoms. The summed E-state index contributed by atoms with van der Waals surface area (Å²) >= 11 is 0. The van der Waals surface area contributed by atoms with Crippen LogP contribution in [0.3, 0.4) is 0 Å². The number of quaternary nitrogens is 1. The van der Waals surface area contributed by atoms with E-state index in [2.05, 4.69) is 5.32 Å². The lowest BCUT2D eigenvalue weighted by Crippen LogP contribution is -2.93. The smallest absolute Gasteiger partial charge is 0.230 e. The fourth-order valence-corrected chi connectivity index (χ4v) is 2.35. The molecule has 0 aliphatic heterocycles. The van der Waals surface area contributed by atoms with Crippen molar-refractivity contribution in [3.05, 3.63) is 42.5 Å². The molecule has 0 bridgehead atoms. The Morgan fingerprint density at radius 3 is 2.61 bits per heavy atom. The van der Waals surface area contributed by atoms with E-state index in [0.29, 0.717) is 18.7 Å². The van der Waals surface area contributed by atoms with Crippen LogP contribution in [0.15, 0.2) is 42.5 Å². The van der Waals surface area contributed by atoms with Crippen LogP contribution in [0.5, 0.6) is 0 Å². The lowest BCUT2D eigenvalue weighted by Gasteiger charge is -2.16. The number of aliphatic hydroxyl groups excluding tert-OH is 1. The van der Waals surface area contributed by atoms with Gasteiger partial charge in [-0.1, -0.05) is 30.3 Å². The largest absolute Gasteiger partial charge is 0.544 e. The molecule has 2 rings (SSSR count). The number of nitrogens with two attached hydrogens (primary N) is 1. The number of hydrogen-bond donors (Lipinski definition) is 3. The Labute approximate surface area is 134 Å². The van der Waals surface area contributed by atoms with Gasteiger partial charge < -0.3 is 25.6 Å². The minimum Gasteiger partial charge on any atom is -0.544 e. The molecule has 0 saturated carbocycles. The van der Waals surface area contributed by atoms with Crippen LogP contribution >= 0.6 is 0 Å². The number of carboxylic acid groups (broad SMARTS) is 1. The van der Waals surface area contributed by atoms with Crippen LogP contribution in [0.1, 0.15) is 12.8 Å². The SMILES string of the molecule is O=C(C[C@H]([NH2+]CCCO)C(=O)[O-])Nc1ccc2ccccc2c1. The molecule has 1 amide bonds. The summed E-state index contributed by atoms with van der Waals surface area (Å²) in [6.45, 7) is 0.415. The van der Waals surface area contributed by atoms with E-state index in [9.17, 15) is 14.7 Å². The quantitative estimate of drug-likeness (QED) is 0.556. The maximum atomic E-state index is 12.0. The van der Waals surface area contributed by atoms with Crippen LogP contribution < -0.4 is 15.7 Å². The number of hydrogen-bond acceptors (Lipinski definition) is 4. The van der Waals surface area contributed by atoms with Gasteiger partial charge in [0, 0.05) is 18.7 Å². The van der Waals surface area contributed by atoms with Gasteiger partial charge >= 0.3 is 0 Å². The molecule has 0 saturated heterocycles. The summed E-state index contributed by atoms with van der Waals surface area (Å²) in [6.07, 6.45) is 0.288. The molecule has 2 aromatic rings. The molecule has 0 unspecified atom stereocenters. The van der Waals surface area contributed by atoms with Gasteiger partial charge in [-0.25, -0.2) is 0 Å². The third-order valence-corrected chi connectivity index (χ3v) is 3.55. The Morgan fingerprint density at radius 2 is 1.91 bits per heavy atom. The summed E-state index contributed by atoms with van der Waals surface area (Å²) in [7, 11) is 0. The van der Waals surface area contributed by atoms with Gasteiger partial charge in [0.25, 0.3) is 0 Å². The Bertz CT molecular complexity index is 687. The van der Waals surface area contributed by atoms with Crippen LogP contribution in [0, 0.1) is 0 Å². The van der Waals surface area contributed by atoms with Crippen molar-refractivity contribution >= 4 is 28.3 Å². The maximum Gasteiger partial charge on any atom is 0.230 e. The second-order valence-electron chi connectivity index (χ2n) is 5.34. The second kappa shape index (κ2) is 8.26. The third kappa shape index (κ3) is 5.05. The standard InChI is InChI=1S/C17H20N2O4/c20-9-3-8-18-15(17(22)23)11-16(21)19-14-7-6-12-4-1-2-5-13(12)10-14/h1-2,4-7,10,15,18,20H,3,8-9,11H2,(H,19,21)(H,22,23)/t15-/m0/s1. The van der Waals surface area contributed by atoms with Crippen LogP contribution in [0.2, 0.25) is 0 Å². The van der Waals surface area contributed by atoms with Gasteiger partial charge in [0.2, 0.25) is 5.91 Å². The van der Waals surface area contributed by atoms with Crippen LogP contribution in [-0.4, -0.2) is 36.2 Å². The Kier molecular flexibility index (Phi) is 6.08. The molecule has 4 N–H and O–H groups in total. The van der Waals surface area contributed by atoms with Crippen molar-refractivity contribution in [2.24, 2.45) is 0 Å². The monoisotopic (exact) mass is 316 g/mol. The van der Waals surface area contributed by atoms with Crippen molar-refractivity contribution in [1.29, 1.82) is 0 Å². The molecule has 0 aromatic heterocycles. The molecule has 0 aliphatic carbocycles. The van der Waals surface area contributed by atoms with Crippen molar-refractivity contribution < 1.29 is 25.1 Å². The Hall–Kier alpha value is -2.44. The number of anilines is 1. The summed E-state index contributed by atoms with van der Waals surface area (Å²) < 4.78 is 0. The van der Waals surface area contributed by atoms with E-state index in [0.717, 1.165) is 10.8 Å². The number of fused-ring (bicyclic) bond motifs is 1. The number of aliphatic hydroxyl groups is 1. The summed E-state index contributed by atoms with van der Waals surface area (Å²) in [4.78, 5) is 23.1. The van der Waals surface area contributed by atoms with Crippen LogP contribution in [-0.2, 0) is 9.59 Å². The highest BCUT2D eigenvalue weighted by Crippen LogP contribution is 2.18. The molecule has 122 valence electrons. The van der Waals surface area contributed by atoms with Gasteiger partial charge in [-0.3, -0.25) is 4.79 Å². The van der Waals surface area contributed by atoms with Gasteiger partial charge in [-0.05, 0) is 22.9 Å². The average molecular weight is 316 g/mol. The van der Waals surface area contributed by atoms with Crippen molar-refractivity contribution in [1.82, 2.24) is 0 Å². The first-order chi connectivity index (χ1) is 11.1. The van der Waals surface area contributed by atoms with Gasteiger partial charge in [0.05, 0.1) is 18.9 Å². The third-order valence-electron chi connectivity index (χ3n) is 3.55. The van der Waals surface area contributed by atoms with Crippen LogP contribution in [0.4, 0.5) is 5.69 Å². The normalized spacial score (nSPS) is 12.0. The Morgan fingerprint density at radius 1 is 1.17 bits per heavy atom. The van der Waals surface area contributed by atoms with Crippen LogP contribution in [0.25, 0.3) is 10.8 Å². The molecule has 0 aliphatic rings. The lowest BCUT2D eigenvalue weighted by molar-refractivity contribution is -0.682. The fraction of sp³-hybridized carbons (Fsp3) is 0.294. The first kappa shape index (κ1) is 16.9. The van der Waals surface area contributed by atoms with E-state index in [4.69, 9.17) is 5.11 Å². The van der Waals surface area contributed by atoms with Crippen molar-refractivity contribution in [3.63, 3.8) is 0 Å². The predicted molar refractivity (Wildman–Crippen MR) is 84.5 cm³/mol. The zero-order chi connectivity index (χ0) is 16.7. The summed E-state index contributed by atoms with van der Waals surface area (Å²) in [6, 6.07) is 12.3. The van der Waals surface area contributed by atoms with Gasteiger partial charge in [-0.2, -0.15) is 0 Å². The highest BCUT2D eigenvalue weighted by Gasteiger charge is 2.18. The summed E-state index contributed by atoms with van der Waals surface area (Å²) in [5.41, 5.74) is 0.626. The molecule has 1 atom stereocenters. The van der Waals surface area contributed by atoms with Gasteiger partial charge in [-0.15, -0.1) is 0 Å². The minimum absolute atomic E-state index is 0.0143. The predicted octanol–water partition coefficient (Wildman–Crippen LogP) is -0.767. The van der Waals surface area contributed by atoms with E-state index >= 15 is 0 Å². The first-order valence-electron chi connectivity index (χ1n) is 7.54. The first-order valence-corrected chi connectivity index (χ1v) is 7.54. The number of amides is 1. The number of carboxylic acids is 1. The molecule has 0 heterocycles. The minimum atomic E-state index is -1.28. The molecule has 6 nitrogen and oxygen atoms in total. The van der Waals surface area contributed by atoms with E-state index < -0.39 is 12.0 Å². The number of carbonyl (C=O) groups is 2. The van der Waals surface area contributed by atoms with E-state index in [1.165, 1.54) is 5.32 Å². The number of nitrogens with one attached hydrogen (secondary N) is 1. The van der Waals surface area contributed by atoms with E-state index in [1.807, 2.05) is 36.4 Å². The topological polar surface area (TPSA) is 106 Å². The summed E-state index contributed by atoms with van der Waals surface area (Å²) in [5.74, 6) is -1.66. The number of benzene rings is 2. The molecular formula is C17H20N2O4. The molecule has 23 heavy (non-hydrogen) atoms. The highest BCUT2D eigenvalue weighted by atomic mass is 16.4. The molecular weight excluding hydrogens is 296 g/mol. The zero-order valence-corrected chi connectivity index (χ0v) is 12.7.